The van der Waals surface area contributed by atoms with E-state index in [1.807, 2.05) is 13.0 Å². The predicted octanol–water partition coefficient (Wildman–Crippen LogP) is 3.43. The molecule has 0 aliphatic heterocycles. The van der Waals surface area contributed by atoms with Crippen LogP contribution in [-0.4, -0.2) is 20.0 Å². The van der Waals surface area contributed by atoms with Crippen LogP contribution in [0.2, 0.25) is 0 Å². The fraction of sp³-hybridized carbons (Fsp3) is 0.235. The third kappa shape index (κ3) is 4.26. The van der Waals surface area contributed by atoms with Crippen molar-refractivity contribution in [2.75, 3.05) is 5.75 Å². The summed E-state index contributed by atoms with van der Waals surface area (Å²) in [5.41, 5.74) is 1.65. The van der Waals surface area contributed by atoms with Gasteiger partial charge in [-0.1, -0.05) is 48.0 Å². The molecule has 0 unspecified atom stereocenters. The summed E-state index contributed by atoms with van der Waals surface area (Å²) in [6.45, 7) is 1.91. The second-order valence-electron chi connectivity index (χ2n) is 5.02. The van der Waals surface area contributed by atoms with Crippen LogP contribution < -0.4 is 0 Å². The molecule has 0 aliphatic rings. The molecule has 0 fully saturated rings. The molecule has 110 valence electrons. The van der Waals surface area contributed by atoms with Crippen molar-refractivity contribution < 1.29 is 13.2 Å². The first-order chi connectivity index (χ1) is 9.99. The fourth-order valence-corrected chi connectivity index (χ4v) is 3.37. The highest BCUT2D eigenvalue weighted by Gasteiger charge is 2.15. The molecule has 4 heteroatoms. The van der Waals surface area contributed by atoms with Gasteiger partial charge in [0, 0.05) is 12.0 Å². The summed E-state index contributed by atoms with van der Waals surface area (Å²) in [7, 11) is -3.31. The standard InChI is InChI=1S/C17H18O3S/c1-14-9-11-16(12-10-14)21(19,20)13-5-8-17(18)15-6-3-2-4-7-15/h2-4,6-7,9-12H,5,8,13H2,1H3. The third-order valence-electron chi connectivity index (χ3n) is 3.29. The van der Waals surface area contributed by atoms with Gasteiger partial charge < -0.3 is 0 Å². The van der Waals surface area contributed by atoms with Crippen LogP contribution in [0, 0.1) is 6.92 Å². The van der Waals surface area contributed by atoms with Gasteiger partial charge in [-0.15, -0.1) is 0 Å². The number of benzene rings is 2. The average molecular weight is 302 g/mol. The topological polar surface area (TPSA) is 51.2 Å². The Morgan fingerprint density at radius 2 is 1.57 bits per heavy atom. The SMILES string of the molecule is Cc1ccc(S(=O)(=O)CCCC(=O)c2ccccc2)cc1. The number of sulfone groups is 1. The molecule has 0 aromatic heterocycles. The molecule has 0 heterocycles. The summed E-state index contributed by atoms with van der Waals surface area (Å²) in [5, 5.41) is 0. The Morgan fingerprint density at radius 1 is 0.952 bits per heavy atom. The summed E-state index contributed by atoms with van der Waals surface area (Å²) in [6.07, 6.45) is 0.582. The zero-order valence-electron chi connectivity index (χ0n) is 12.0. The lowest BCUT2D eigenvalue weighted by Gasteiger charge is -2.05. The van der Waals surface area contributed by atoms with Crippen molar-refractivity contribution in [1.82, 2.24) is 0 Å². The van der Waals surface area contributed by atoms with Gasteiger partial charge in [-0.2, -0.15) is 0 Å². The highest BCUT2D eigenvalue weighted by molar-refractivity contribution is 7.91. The molecule has 0 amide bonds. The van der Waals surface area contributed by atoms with E-state index in [2.05, 4.69) is 0 Å². The number of carbonyl (C=O) groups excluding carboxylic acids is 1. The summed E-state index contributed by atoms with van der Waals surface area (Å²) in [5.74, 6) is -0.0241. The van der Waals surface area contributed by atoms with E-state index >= 15 is 0 Å². The summed E-state index contributed by atoms with van der Waals surface area (Å²) < 4.78 is 24.3. The molecule has 0 radical (unpaired) electrons. The van der Waals surface area contributed by atoms with Crippen molar-refractivity contribution in [3.05, 3.63) is 65.7 Å². The lowest BCUT2D eigenvalue weighted by atomic mass is 10.1. The molecule has 3 nitrogen and oxygen atoms in total. The van der Waals surface area contributed by atoms with Crippen molar-refractivity contribution >= 4 is 15.6 Å². The zero-order valence-corrected chi connectivity index (χ0v) is 12.8. The van der Waals surface area contributed by atoms with Gasteiger partial charge in [0.05, 0.1) is 10.6 Å². The second-order valence-corrected chi connectivity index (χ2v) is 7.13. The molecule has 0 saturated heterocycles. The molecule has 0 spiro atoms. The van der Waals surface area contributed by atoms with Gasteiger partial charge >= 0.3 is 0 Å². The number of ketones is 1. The van der Waals surface area contributed by atoms with Gasteiger partial charge in [0.2, 0.25) is 0 Å². The van der Waals surface area contributed by atoms with E-state index in [9.17, 15) is 13.2 Å². The smallest absolute Gasteiger partial charge is 0.178 e. The first kappa shape index (κ1) is 15.4. The Bertz CT molecular complexity index is 701. The van der Waals surface area contributed by atoms with Crippen molar-refractivity contribution in [3.8, 4) is 0 Å². The van der Waals surface area contributed by atoms with E-state index in [-0.39, 0.29) is 18.0 Å². The van der Waals surface area contributed by atoms with Gasteiger partial charge in [-0.25, -0.2) is 8.42 Å². The van der Waals surface area contributed by atoms with Crippen LogP contribution in [0.15, 0.2) is 59.5 Å². The normalized spacial score (nSPS) is 11.3. The molecule has 0 N–H and O–H groups in total. The Kier molecular flexibility index (Phi) is 4.91. The van der Waals surface area contributed by atoms with E-state index in [0.717, 1.165) is 5.56 Å². The first-order valence-electron chi connectivity index (χ1n) is 6.87. The number of rotatable bonds is 6. The van der Waals surface area contributed by atoms with Crippen molar-refractivity contribution in [2.24, 2.45) is 0 Å². The lowest BCUT2D eigenvalue weighted by molar-refractivity contribution is 0.0982. The summed E-state index contributed by atoms with van der Waals surface area (Å²) in [4.78, 5) is 12.2. The lowest BCUT2D eigenvalue weighted by Crippen LogP contribution is -2.09. The van der Waals surface area contributed by atoms with Crippen molar-refractivity contribution in [2.45, 2.75) is 24.7 Å². The minimum Gasteiger partial charge on any atom is -0.294 e. The number of aryl methyl sites for hydroxylation is 1. The van der Waals surface area contributed by atoms with Crippen LogP contribution in [-0.2, 0) is 9.84 Å². The van der Waals surface area contributed by atoms with E-state index < -0.39 is 9.84 Å². The average Bonchev–Trinajstić information content (AvgIpc) is 2.48. The summed E-state index contributed by atoms with van der Waals surface area (Å²) in [6, 6.07) is 15.7. The highest BCUT2D eigenvalue weighted by atomic mass is 32.2. The predicted molar refractivity (Wildman–Crippen MR) is 83.2 cm³/mol. The molecular weight excluding hydrogens is 284 g/mol. The third-order valence-corrected chi connectivity index (χ3v) is 5.11. The van der Waals surface area contributed by atoms with E-state index in [0.29, 0.717) is 16.9 Å². The van der Waals surface area contributed by atoms with Gasteiger partial charge in [-0.3, -0.25) is 4.79 Å². The van der Waals surface area contributed by atoms with Gasteiger partial charge in [0.15, 0.2) is 15.6 Å². The number of hydrogen-bond acceptors (Lipinski definition) is 3. The largest absolute Gasteiger partial charge is 0.294 e. The van der Waals surface area contributed by atoms with Gasteiger partial charge in [0.25, 0.3) is 0 Å². The molecule has 0 saturated carbocycles. The maximum Gasteiger partial charge on any atom is 0.178 e. The Hall–Kier alpha value is -1.94. The second kappa shape index (κ2) is 6.68. The molecule has 2 rings (SSSR count). The Labute approximate surface area is 125 Å². The fourth-order valence-electron chi connectivity index (χ4n) is 2.05. The van der Waals surface area contributed by atoms with Crippen LogP contribution in [0.4, 0.5) is 0 Å². The number of hydrogen-bond donors (Lipinski definition) is 0. The van der Waals surface area contributed by atoms with Crippen LogP contribution in [0.3, 0.4) is 0 Å². The van der Waals surface area contributed by atoms with Crippen LogP contribution in [0.25, 0.3) is 0 Å². The van der Waals surface area contributed by atoms with Gasteiger partial charge in [0.1, 0.15) is 0 Å². The minimum atomic E-state index is -3.31. The quantitative estimate of drug-likeness (QED) is 0.768. The van der Waals surface area contributed by atoms with E-state index in [1.165, 1.54) is 0 Å². The zero-order chi connectivity index (χ0) is 15.3. The maximum atomic E-state index is 12.2. The minimum absolute atomic E-state index is 0.00532. The molecule has 21 heavy (non-hydrogen) atoms. The maximum absolute atomic E-state index is 12.2. The van der Waals surface area contributed by atoms with E-state index in [1.54, 1.807) is 48.5 Å². The van der Waals surface area contributed by atoms with Crippen molar-refractivity contribution in [3.63, 3.8) is 0 Å². The van der Waals surface area contributed by atoms with Crippen LogP contribution >= 0.6 is 0 Å². The molecule has 2 aromatic rings. The summed E-state index contributed by atoms with van der Waals surface area (Å²) >= 11 is 0. The number of Topliss-reactive ketones (excluding diaryl/α,β-unsaturated/α-hetero) is 1. The van der Waals surface area contributed by atoms with Crippen LogP contribution in [0.5, 0.6) is 0 Å². The molecule has 0 atom stereocenters. The molecule has 0 bridgehead atoms. The van der Waals surface area contributed by atoms with Gasteiger partial charge in [-0.05, 0) is 25.5 Å². The van der Waals surface area contributed by atoms with E-state index in [4.69, 9.17) is 0 Å². The molecular formula is C17H18O3S. The molecule has 2 aromatic carbocycles. The van der Waals surface area contributed by atoms with Crippen molar-refractivity contribution in [1.29, 1.82) is 0 Å². The highest BCUT2D eigenvalue weighted by Crippen LogP contribution is 2.14. The molecule has 0 aliphatic carbocycles. The number of carbonyl (C=O) groups is 1. The first-order valence-corrected chi connectivity index (χ1v) is 8.52. The Morgan fingerprint density at radius 3 is 2.19 bits per heavy atom. The Balaban J connectivity index is 1.94. The van der Waals surface area contributed by atoms with Crippen LogP contribution in [0.1, 0.15) is 28.8 Å². The monoisotopic (exact) mass is 302 g/mol.